The quantitative estimate of drug-likeness (QED) is 0.836. The van der Waals surface area contributed by atoms with Gasteiger partial charge in [0.25, 0.3) is 0 Å². The van der Waals surface area contributed by atoms with Gasteiger partial charge in [-0.2, -0.15) is 11.8 Å². The third-order valence-electron chi connectivity index (χ3n) is 4.22. The Morgan fingerprint density at radius 2 is 1.80 bits per heavy atom. The molecule has 1 heterocycles. The third kappa shape index (κ3) is 5.14. The Kier molecular flexibility index (Phi) is 6.44. The van der Waals surface area contributed by atoms with Crippen molar-refractivity contribution in [2.45, 2.75) is 52.5 Å². The summed E-state index contributed by atoms with van der Waals surface area (Å²) in [5.74, 6) is 3.67. The lowest BCUT2D eigenvalue weighted by atomic mass is 9.90. The standard InChI is InChI=1S/C18H29NS/c1-4-19-18(12-16-5-7-20-8-6-16)13-17-10-14(2)9-15(3)11-17/h9-11,16,18-19H,4-8,12-13H2,1-3H3. The lowest BCUT2D eigenvalue weighted by Gasteiger charge is -2.27. The molecule has 0 spiro atoms. The Bertz CT molecular complexity index is 390. The molecule has 1 nitrogen and oxygen atoms in total. The highest BCUT2D eigenvalue weighted by molar-refractivity contribution is 7.99. The smallest absolute Gasteiger partial charge is 0.0110 e. The molecule has 2 rings (SSSR count). The van der Waals surface area contributed by atoms with E-state index in [-0.39, 0.29) is 0 Å². The lowest BCUT2D eigenvalue weighted by Crippen LogP contribution is -2.34. The molecule has 1 aliphatic rings. The van der Waals surface area contributed by atoms with E-state index in [0.717, 1.165) is 12.5 Å². The maximum atomic E-state index is 3.71. The zero-order valence-corrected chi connectivity index (χ0v) is 14.1. The first-order valence-corrected chi connectivity index (χ1v) is 9.21. The van der Waals surface area contributed by atoms with Crippen molar-refractivity contribution < 1.29 is 0 Å². The number of thioether (sulfide) groups is 1. The number of hydrogen-bond donors (Lipinski definition) is 1. The van der Waals surface area contributed by atoms with Gasteiger partial charge in [0.05, 0.1) is 0 Å². The molecule has 0 radical (unpaired) electrons. The first kappa shape index (κ1) is 15.9. The van der Waals surface area contributed by atoms with E-state index in [9.17, 15) is 0 Å². The van der Waals surface area contributed by atoms with Gasteiger partial charge in [-0.1, -0.05) is 36.2 Å². The largest absolute Gasteiger partial charge is 0.314 e. The summed E-state index contributed by atoms with van der Waals surface area (Å²) in [6.45, 7) is 7.72. The number of aryl methyl sites for hydroxylation is 2. The van der Waals surface area contributed by atoms with Gasteiger partial charge < -0.3 is 5.32 Å². The van der Waals surface area contributed by atoms with Gasteiger partial charge >= 0.3 is 0 Å². The van der Waals surface area contributed by atoms with Gasteiger partial charge in [-0.25, -0.2) is 0 Å². The summed E-state index contributed by atoms with van der Waals surface area (Å²) >= 11 is 2.13. The zero-order chi connectivity index (χ0) is 14.4. The second-order valence-corrected chi connectivity index (χ2v) is 7.47. The monoisotopic (exact) mass is 291 g/mol. The third-order valence-corrected chi connectivity index (χ3v) is 5.26. The molecule has 1 saturated heterocycles. The van der Waals surface area contributed by atoms with Crippen LogP contribution in [0.25, 0.3) is 0 Å². The summed E-state index contributed by atoms with van der Waals surface area (Å²) in [7, 11) is 0. The summed E-state index contributed by atoms with van der Waals surface area (Å²) in [5, 5.41) is 3.71. The number of rotatable bonds is 6. The van der Waals surface area contributed by atoms with Crippen molar-refractivity contribution in [3.8, 4) is 0 Å². The normalized spacial score (nSPS) is 18.1. The van der Waals surface area contributed by atoms with E-state index in [2.05, 4.69) is 56.0 Å². The van der Waals surface area contributed by atoms with E-state index >= 15 is 0 Å². The van der Waals surface area contributed by atoms with Crippen LogP contribution in [0, 0.1) is 19.8 Å². The van der Waals surface area contributed by atoms with E-state index in [4.69, 9.17) is 0 Å². The lowest BCUT2D eigenvalue weighted by molar-refractivity contribution is 0.366. The molecule has 20 heavy (non-hydrogen) atoms. The van der Waals surface area contributed by atoms with E-state index in [0.29, 0.717) is 6.04 Å². The minimum atomic E-state index is 0.648. The zero-order valence-electron chi connectivity index (χ0n) is 13.2. The number of likely N-dealkylation sites (N-methyl/N-ethyl adjacent to an activating group) is 1. The van der Waals surface area contributed by atoms with Crippen molar-refractivity contribution in [2.24, 2.45) is 5.92 Å². The highest BCUT2D eigenvalue weighted by Crippen LogP contribution is 2.27. The van der Waals surface area contributed by atoms with Crippen molar-refractivity contribution in [2.75, 3.05) is 18.1 Å². The van der Waals surface area contributed by atoms with Gasteiger partial charge in [0, 0.05) is 6.04 Å². The van der Waals surface area contributed by atoms with E-state index in [1.165, 1.54) is 53.9 Å². The summed E-state index contributed by atoms with van der Waals surface area (Å²) in [4.78, 5) is 0. The fourth-order valence-electron chi connectivity index (χ4n) is 3.38. The van der Waals surface area contributed by atoms with Gasteiger partial charge in [-0.15, -0.1) is 0 Å². The van der Waals surface area contributed by atoms with Gasteiger partial charge in [0.15, 0.2) is 0 Å². The molecule has 1 aromatic carbocycles. The van der Waals surface area contributed by atoms with E-state index in [1.807, 2.05) is 0 Å². The molecule has 0 aliphatic carbocycles. The maximum Gasteiger partial charge on any atom is 0.0110 e. The Morgan fingerprint density at radius 3 is 2.40 bits per heavy atom. The molecule has 2 heteroatoms. The summed E-state index contributed by atoms with van der Waals surface area (Å²) < 4.78 is 0. The van der Waals surface area contributed by atoms with Gasteiger partial charge in [-0.3, -0.25) is 0 Å². The summed E-state index contributed by atoms with van der Waals surface area (Å²) in [6, 6.07) is 7.63. The molecule has 1 N–H and O–H groups in total. The van der Waals surface area contributed by atoms with Crippen LogP contribution in [0.2, 0.25) is 0 Å². The first-order valence-electron chi connectivity index (χ1n) is 8.05. The summed E-state index contributed by atoms with van der Waals surface area (Å²) in [6.07, 6.45) is 5.36. The number of nitrogens with one attached hydrogen (secondary N) is 1. The average molecular weight is 292 g/mol. The van der Waals surface area contributed by atoms with Crippen molar-refractivity contribution >= 4 is 11.8 Å². The Labute approximate surface area is 128 Å². The van der Waals surface area contributed by atoms with Crippen molar-refractivity contribution in [1.29, 1.82) is 0 Å². The van der Waals surface area contributed by atoms with Crippen LogP contribution >= 0.6 is 11.8 Å². The molecule has 0 bridgehead atoms. The Morgan fingerprint density at radius 1 is 1.15 bits per heavy atom. The van der Waals surface area contributed by atoms with Crippen molar-refractivity contribution in [3.05, 3.63) is 34.9 Å². The second-order valence-electron chi connectivity index (χ2n) is 6.25. The van der Waals surface area contributed by atoms with E-state index < -0.39 is 0 Å². The Balaban J connectivity index is 1.96. The topological polar surface area (TPSA) is 12.0 Å². The molecular weight excluding hydrogens is 262 g/mol. The molecule has 1 aliphatic heterocycles. The van der Waals surface area contributed by atoms with Gasteiger partial charge in [-0.05, 0) is 69.1 Å². The fraction of sp³-hybridized carbons (Fsp3) is 0.667. The summed E-state index contributed by atoms with van der Waals surface area (Å²) in [5.41, 5.74) is 4.28. The van der Waals surface area contributed by atoms with Crippen LogP contribution < -0.4 is 5.32 Å². The predicted octanol–water partition coefficient (Wildman–Crippen LogP) is 4.36. The molecule has 112 valence electrons. The van der Waals surface area contributed by atoms with Crippen molar-refractivity contribution in [1.82, 2.24) is 5.32 Å². The van der Waals surface area contributed by atoms with Crippen LogP contribution in [0.1, 0.15) is 42.9 Å². The molecule has 1 atom stereocenters. The Hall–Kier alpha value is -0.470. The number of hydrogen-bond acceptors (Lipinski definition) is 2. The minimum Gasteiger partial charge on any atom is -0.314 e. The SMILES string of the molecule is CCNC(Cc1cc(C)cc(C)c1)CC1CCSCC1. The molecular formula is C18H29NS. The first-order chi connectivity index (χ1) is 9.67. The number of benzene rings is 1. The highest BCUT2D eigenvalue weighted by atomic mass is 32.2. The minimum absolute atomic E-state index is 0.648. The van der Waals surface area contributed by atoms with Crippen LogP contribution in [0.5, 0.6) is 0 Å². The highest BCUT2D eigenvalue weighted by Gasteiger charge is 2.19. The molecule has 0 amide bonds. The van der Waals surface area contributed by atoms with Gasteiger partial charge in [0.2, 0.25) is 0 Å². The van der Waals surface area contributed by atoms with Crippen molar-refractivity contribution in [3.63, 3.8) is 0 Å². The molecule has 1 aromatic rings. The second kappa shape index (κ2) is 8.09. The van der Waals surface area contributed by atoms with Gasteiger partial charge in [0.1, 0.15) is 0 Å². The maximum absolute atomic E-state index is 3.71. The molecule has 1 unspecified atom stereocenters. The van der Waals surface area contributed by atoms with Crippen LogP contribution in [0.15, 0.2) is 18.2 Å². The predicted molar refractivity (Wildman–Crippen MR) is 91.8 cm³/mol. The van der Waals surface area contributed by atoms with Crippen LogP contribution in [0.4, 0.5) is 0 Å². The fourth-order valence-corrected chi connectivity index (χ4v) is 4.59. The molecule has 1 fully saturated rings. The van der Waals surface area contributed by atoms with E-state index in [1.54, 1.807) is 0 Å². The van der Waals surface area contributed by atoms with Crippen LogP contribution in [-0.2, 0) is 6.42 Å². The molecule has 0 saturated carbocycles. The molecule has 0 aromatic heterocycles. The van der Waals surface area contributed by atoms with Crippen LogP contribution in [0.3, 0.4) is 0 Å². The average Bonchev–Trinajstić information content (AvgIpc) is 2.39. The van der Waals surface area contributed by atoms with Crippen LogP contribution in [-0.4, -0.2) is 24.1 Å².